The van der Waals surface area contributed by atoms with Crippen molar-refractivity contribution in [1.29, 1.82) is 0 Å². The van der Waals surface area contributed by atoms with Crippen LogP contribution < -0.4 is 0 Å². The predicted octanol–water partition coefficient (Wildman–Crippen LogP) is 3.03. The maximum Gasteiger partial charge on any atom is 0.337 e. The molecule has 0 unspecified atom stereocenters. The summed E-state index contributed by atoms with van der Waals surface area (Å²) in [5.41, 5.74) is 0.805. The standard InChI is InChI=1S/C16H19NO3/c18-13-6-12(16(19)20)7-17-15(13)14-10-2-8-1-9(4-10)5-11(14)3-8/h6-11,14,18H,1-5H2,(H,19,20). The normalized spacial score (nSPS) is 38.1. The van der Waals surface area contributed by atoms with Crippen LogP contribution in [0.1, 0.15) is 54.1 Å². The third-order valence-electron chi connectivity index (χ3n) is 5.69. The molecule has 4 saturated carbocycles. The number of carboxylic acids is 1. The van der Waals surface area contributed by atoms with Crippen LogP contribution >= 0.6 is 0 Å². The van der Waals surface area contributed by atoms with Gasteiger partial charge in [0.05, 0.1) is 11.3 Å². The van der Waals surface area contributed by atoms with Gasteiger partial charge in [-0.3, -0.25) is 4.98 Å². The fourth-order valence-corrected chi connectivity index (χ4v) is 5.21. The monoisotopic (exact) mass is 273 g/mol. The van der Waals surface area contributed by atoms with E-state index in [-0.39, 0.29) is 11.3 Å². The van der Waals surface area contributed by atoms with Gasteiger partial charge in [-0.1, -0.05) is 0 Å². The Morgan fingerprint density at radius 3 is 2.20 bits per heavy atom. The number of hydrogen-bond donors (Lipinski definition) is 2. The molecule has 0 aliphatic heterocycles. The quantitative estimate of drug-likeness (QED) is 0.869. The third-order valence-corrected chi connectivity index (χ3v) is 5.69. The molecule has 2 N–H and O–H groups in total. The number of carboxylic acid groups (broad SMARTS) is 1. The second kappa shape index (κ2) is 4.21. The number of nitrogens with zero attached hydrogens (tertiary/aromatic N) is 1. The molecule has 4 bridgehead atoms. The average molecular weight is 273 g/mol. The molecule has 1 aromatic rings. The summed E-state index contributed by atoms with van der Waals surface area (Å²) >= 11 is 0. The van der Waals surface area contributed by atoms with Gasteiger partial charge in [0.25, 0.3) is 0 Å². The molecule has 106 valence electrons. The van der Waals surface area contributed by atoms with E-state index in [9.17, 15) is 9.90 Å². The Bertz CT molecular complexity index is 541. The van der Waals surface area contributed by atoms with Gasteiger partial charge in [-0.25, -0.2) is 4.79 Å². The van der Waals surface area contributed by atoms with Gasteiger partial charge >= 0.3 is 5.97 Å². The Kier molecular flexibility index (Phi) is 2.56. The number of aromatic nitrogens is 1. The zero-order valence-electron chi connectivity index (χ0n) is 11.3. The Balaban J connectivity index is 1.69. The first kappa shape index (κ1) is 12.2. The summed E-state index contributed by atoms with van der Waals surface area (Å²) in [6.07, 6.45) is 7.84. The number of carbonyl (C=O) groups is 1. The molecule has 0 atom stereocenters. The van der Waals surface area contributed by atoms with Crippen LogP contribution in [-0.4, -0.2) is 21.2 Å². The second-order valence-corrected chi connectivity index (χ2v) is 6.89. The summed E-state index contributed by atoms with van der Waals surface area (Å²) < 4.78 is 0. The lowest BCUT2D eigenvalue weighted by molar-refractivity contribution is -0.00492. The Hall–Kier alpha value is -1.58. The van der Waals surface area contributed by atoms with Crippen molar-refractivity contribution in [2.75, 3.05) is 0 Å². The number of hydrogen-bond acceptors (Lipinski definition) is 3. The molecule has 20 heavy (non-hydrogen) atoms. The van der Waals surface area contributed by atoms with Crippen LogP contribution in [-0.2, 0) is 0 Å². The number of aromatic carboxylic acids is 1. The van der Waals surface area contributed by atoms with Gasteiger partial charge in [0.15, 0.2) is 0 Å². The molecular formula is C16H19NO3. The van der Waals surface area contributed by atoms with E-state index in [4.69, 9.17) is 5.11 Å². The zero-order chi connectivity index (χ0) is 13.9. The largest absolute Gasteiger partial charge is 0.506 e. The van der Waals surface area contributed by atoms with Crippen LogP contribution in [0.4, 0.5) is 0 Å². The molecule has 4 heteroatoms. The van der Waals surface area contributed by atoms with Crippen LogP contribution in [0.25, 0.3) is 0 Å². The van der Waals surface area contributed by atoms with Crippen molar-refractivity contribution in [2.24, 2.45) is 23.7 Å². The maximum absolute atomic E-state index is 10.9. The van der Waals surface area contributed by atoms with Crippen LogP contribution in [0.5, 0.6) is 5.75 Å². The van der Waals surface area contributed by atoms with Crippen LogP contribution in [0.15, 0.2) is 12.3 Å². The van der Waals surface area contributed by atoms with Gasteiger partial charge in [0.2, 0.25) is 0 Å². The number of aromatic hydroxyl groups is 1. The SMILES string of the molecule is O=C(O)c1cnc(C2C3CC4CC(C3)CC2C4)c(O)c1. The van der Waals surface area contributed by atoms with E-state index in [1.807, 2.05) is 0 Å². The van der Waals surface area contributed by atoms with E-state index < -0.39 is 5.97 Å². The highest BCUT2D eigenvalue weighted by Crippen LogP contribution is 2.60. The molecule has 0 spiro atoms. The van der Waals surface area contributed by atoms with E-state index >= 15 is 0 Å². The Morgan fingerprint density at radius 2 is 1.70 bits per heavy atom. The minimum atomic E-state index is -1.04. The molecule has 1 heterocycles. The van der Waals surface area contributed by atoms with Crippen LogP contribution in [0.2, 0.25) is 0 Å². The second-order valence-electron chi connectivity index (χ2n) is 6.89. The Morgan fingerprint density at radius 1 is 1.10 bits per heavy atom. The molecular weight excluding hydrogens is 254 g/mol. The van der Waals surface area contributed by atoms with Gasteiger partial charge in [0.1, 0.15) is 5.75 Å². The highest BCUT2D eigenvalue weighted by atomic mass is 16.4. The Labute approximate surface area is 117 Å². The topological polar surface area (TPSA) is 70.4 Å². The smallest absolute Gasteiger partial charge is 0.337 e. The summed E-state index contributed by atoms with van der Waals surface area (Å²) in [5.74, 6) is 2.42. The number of pyridine rings is 1. The highest BCUT2D eigenvalue weighted by molar-refractivity contribution is 5.87. The fourth-order valence-electron chi connectivity index (χ4n) is 5.21. The van der Waals surface area contributed by atoms with Gasteiger partial charge in [0, 0.05) is 12.1 Å². The van der Waals surface area contributed by atoms with Crippen LogP contribution in [0.3, 0.4) is 0 Å². The molecule has 0 saturated heterocycles. The van der Waals surface area contributed by atoms with E-state index in [0.717, 1.165) is 17.5 Å². The summed E-state index contributed by atoms with van der Waals surface area (Å²) in [6, 6.07) is 1.36. The lowest BCUT2D eigenvalue weighted by atomic mass is 9.51. The number of rotatable bonds is 2. The first-order valence-corrected chi connectivity index (χ1v) is 7.54. The summed E-state index contributed by atoms with van der Waals surface area (Å²) in [7, 11) is 0. The summed E-state index contributed by atoms with van der Waals surface area (Å²) in [4.78, 5) is 15.2. The van der Waals surface area contributed by atoms with E-state index in [1.165, 1.54) is 44.4 Å². The first-order valence-electron chi connectivity index (χ1n) is 7.54. The minimum Gasteiger partial charge on any atom is -0.506 e. The molecule has 4 aliphatic carbocycles. The third kappa shape index (κ3) is 1.74. The lowest BCUT2D eigenvalue weighted by Crippen LogP contribution is -2.44. The van der Waals surface area contributed by atoms with E-state index in [1.54, 1.807) is 0 Å². The lowest BCUT2D eigenvalue weighted by Gasteiger charge is -2.54. The van der Waals surface area contributed by atoms with Gasteiger partial charge in [-0.2, -0.15) is 0 Å². The zero-order valence-corrected chi connectivity index (χ0v) is 11.3. The van der Waals surface area contributed by atoms with Gasteiger partial charge < -0.3 is 10.2 Å². The van der Waals surface area contributed by atoms with Crippen molar-refractivity contribution >= 4 is 5.97 Å². The minimum absolute atomic E-state index is 0.0649. The van der Waals surface area contributed by atoms with Gasteiger partial charge in [-0.15, -0.1) is 0 Å². The van der Waals surface area contributed by atoms with Crippen molar-refractivity contribution in [3.63, 3.8) is 0 Å². The molecule has 0 aromatic carbocycles. The van der Waals surface area contributed by atoms with E-state index in [2.05, 4.69) is 4.98 Å². The highest BCUT2D eigenvalue weighted by Gasteiger charge is 2.49. The van der Waals surface area contributed by atoms with E-state index in [0.29, 0.717) is 17.8 Å². The first-order chi connectivity index (χ1) is 9.61. The molecule has 1 aromatic heterocycles. The average Bonchev–Trinajstić information content (AvgIpc) is 2.38. The van der Waals surface area contributed by atoms with Crippen LogP contribution in [0, 0.1) is 23.7 Å². The molecule has 5 rings (SSSR count). The summed E-state index contributed by atoms with van der Waals surface area (Å²) in [6.45, 7) is 0. The maximum atomic E-state index is 10.9. The summed E-state index contributed by atoms with van der Waals surface area (Å²) in [5, 5.41) is 19.2. The van der Waals surface area contributed by atoms with Crippen molar-refractivity contribution in [2.45, 2.75) is 38.0 Å². The van der Waals surface area contributed by atoms with Crippen molar-refractivity contribution < 1.29 is 15.0 Å². The molecule has 0 amide bonds. The predicted molar refractivity (Wildman–Crippen MR) is 72.6 cm³/mol. The fraction of sp³-hybridized carbons (Fsp3) is 0.625. The van der Waals surface area contributed by atoms with Crippen molar-refractivity contribution in [3.05, 3.63) is 23.5 Å². The molecule has 4 aliphatic rings. The van der Waals surface area contributed by atoms with Crippen molar-refractivity contribution in [3.8, 4) is 5.75 Å². The van der Waals surface area contributed by atoms with Crippen molar-refractivity contribution in [1.82, 2.24) is 4.98 Å². The van der Waals surface area contributed by atoms with Gasteiger partial charge in [-0.05, 0) is 61.8 Å². The molecule has 0 radical (unpaired) electrons. The molecule has 4 fully saturated rings. The molecule has 4 nitrogen and oxygen atoms in total.